The lowest BCUT2D eigenvalue weighted by Gasteiger charge is -2.11. The zero-order valence-corrected chi connectivity index (χ0v) is 16.1. The molecule has 128 valence electrons. The van der Waals surface area contributed by atoms with Crippen LogP contribution in [-0.4, -0.2) is 9.55 Å². The van der Waals surface area contributed by atoms with E-state index in [1.165, 1.54) is 0 Å². The fraction of sp³-hybridized carbons (Fsp3) is 0.136. The van der Waals surface area contributed by atoms with Crippen LogP contribution in [0, 0.1) is 0 Å². The van der Waals surface area contributed by atoms with Crippen LogP contribution in [0.1, 0.15) is 25.6 Å². The number of fused-ring (bicyclic) bond motifs is 4. The van der Waals surface area contributed by atoms with Crippen molar-refractivity contribution in [3.63, 3.8) is 0 Å². The van der Waals surface area contributed by atoms with Crippen molar-refractivity contribution in [3.8, 4) is 5.69 Å². The van der Waals surface area contributed by atoms with Gasteiger partial charge in [-0.3, -0.25) is 4.57 Å². The average molecular weight is 405 g/mol. The van der Waals surface area contributed by atoms with Gasteiger partial charge < -0.3 is 4.42 Å². The first-order chi connectivity index (χ1) is 12.6. The minimum atomic E-state index is 0.327. The first kappa shape index (κ1) is 15.6. The zero-order chi connectivity index (χ0) is 17.8. The summed E-state index contributed by atoms with van der Waals surface area (Å²) in [5.41, 5.74) is 5.04. The third kappa shape index (κ3) is 2.22. The number of aromatic nitrogens is 2. The summed E-state index contributed by atoms with van der Waals surface area (Å²) < 4.78 is 9.28. The molecule has 26 heavy (non-hydrogen) atoms. The van der Waals surface area contributed by atoms with E-state index < -0.39 is 0 Å². The zero-order valence-electron chi connectivity index (χ0n) is 14.5. The van der Waals surface area contributed by atoms with E-state index in [1.54, 1.807) is 0 Å². The van der Waals surface area contributed by atoms with Gasteiger partial charge in [0.15, 0.2) is 0 Å². The van der Waals surface area contributed by atoms with Crippen molar-refractivity contribution in [1.82, 2.24) is 9.55 Å². The Kier molecular flexibility index (Phi) is 3.44. The van der Waals surface area contributed by atoms with E-state index >= 15 is 0 Å². The molecule has 0 aliphatic heterocycles. The van der Waals surface area contributed by atoms with E-state index in [0.29, 0.717) is 5.92 Å². The van der Waals surface area contributed by atoms with Gasteiger partial charge in [-0.05, 0) is 52.3 Å². The maximum absolute atomic E-state index is 6.05. The fourth-order valence-corrected chi connectivity index (χ4v) is 4.04. The molecule has 0 N–H and O–H groups in total. The van der Waals surface area contributed by atoms with Crippen molar-refractivity contribution >= 4 is 48.9 Å². The highest BCUT2D eigenvalue weighted by Crippen LogP contribution is 2.35. The number of nitrogens with zero attached hydrogens (tertiary/aromatic N) is 2. The molecule has 2 heterocycles. The number of halogens is 1. The number of furan rings is 1. The standard InChI is InChI=1S/C22H17BrN2O/c1-13(2)22-24-18-8-3-4-9-19(18)25(22)14-10-11-20-16(12-14)15-6-5-7-17(23)21(15)26-20/h3-13H,1-2H3. The predicted octanol–water partition coefficient (Wildman–Crippen LogP) is 6.81. The molecule has 0 aliphatic rings. The van der Waals surface area contributed by atoms with Crippen molar-refractivity contribution in [2.75, 3.05) is 0 Å². The molecule has 3 aromatic carbocycles. The third-order valence-electron chi connectivity index (χ3n) is 4.79. The number of imidazole rings is 1. The molecule has 0 amide bonds. The highest BCUT2D eigenvalue weighted by Gasteiger charge is 2.16. The van der Waals surface area contributed by atoms with Crippen LogP contribution in [0.25, 0.3) is 38.7 Å². The first-order valence-electron chi connectivity index (χ1n) is 8.72. The summed E-state index contributed by atoms with van der Waals surface area (Å²) in [6.45, 7) is 4.36. The van der Waals surface area contributed by atoms with Gasteiger partial charge in [0.05, 0.1) is 15.5 Å². The summed E-state index contributed by atoms with van der Waals surface area (Å²) in [5.74, 6) is 1.40. The summed E-state index contributed by atoms with van der Waals surface area (Å²) in [4.78, 5) is 4.86. The average Bonchev–Trinajstić information content (AvgIpc) is 3.21. The quantitative estimate of drug-likeness (QED) is 0.323. The lowest BCUT2D eigenvalue weighted by Crippen LogP contribution is -2.02. The van der Waals surface area contributed by atoms with Crippen molar-refractivity contribution in [2.24, 2.45) is 0 Å². The van der Waals surface area contributed by atoms with Crippen LogP contribution in [0.3, 0.4) is 0 Å². The van der Waals surface area contributed by atoms with Crippen LogP contribution in [0.2, 0.25) is 0 Å². The number of rotatable bonds is 2. The molecule has 0 atom stereocenters. The van der Waals surface area contributed by atoms with E-state index in [0.717, 1.165) is 49.0 Å². The third-order valence-corrected chi connectivity index (χ3v) is 5.42. The summed E-state index contributed by atoms with van der Waals surface area (Å²) in [7, 11) is 0. The lowest BCUT2D eigenvalue weighted by atomic mass is 10.1. The van der Waals surface area contributed by atoms with Crippen molar-refractivity contribution < 1.29 is 4.42 Å². The minimum absolute atomic E-state index is 0.327. The summed E-state index contributed by atoms with van der Waals surface area (Å²) in [6.07, 6.45) is 0. The smallest absolute Gasteiger partial charge is 0.149 e. The van der Waals surface area contributed by atoms with Crippen LogP contribution < -0.4 is 0 Å². The molecule has 5 aromatic rings. The second-order valence-electron chi connectivity index (χ2n) is 6.85. The van der Waals surface area contributed by atoms with Crippen molar-refractivity contribution in [2.45, 2.75) is 19.8 Å². The molecule has 4 heteroatoms. The van der Waals surface area contributed by atoms with E-state index in [1.807, 2.05) is 18.2 Å². The SMILES string of the molecule is CC(C)c1nc2ccccc2n1-c1ccc2oc3c(Br)cccc3c2c1. The van der Waals surface area contributed by atoms with Gasteiger partial charge in [0.25, 0.3) is 0 Å². The Balaban J connectivity index is 1.85. The molecule has 0 fully saturated rings. The van der Waals surface area contributed by atoms with Gasteiger partial charge in [-0.2, -0.15) is 0 Å². The molecular weight excluding hydrogens is 388 g/mol. The number of hydrogen-bond acceptors (Lipinski definition) is 2. The Morgan fingerprint density at radius 2 is 1.81 bits per heavy atom. The lowest BCUT2D eigenvalue weighted by molar-refractivity contribution is 0.666. The molecular formula is C22H17BrN2O. The predicted molar refractivity (Wildman–Crippen MR) is 110 cm³/mol. The molecule has 0 unspecified atom stereocenters. The largest absolute Gasteiger partial charge is 0.455 e. The molecule has 0 saturated carbocycles. The van der Waals surface area contributed by atoms with Crippen LogP contribution in [0.5, 0.6) is 0 Å². The molecule has 0 saturated heterocycles. The Labute approximate surface area is 159 Å². The Morgan fingerprint density at radius 3 is 2.65 bits per heavy atom. The second kappa shape index (κ2) is 5.71. The Hall–Kier alpha value is -2.59. The van der Waals surface area contributed by atoms with Crippen LogP contribution in [0.4, 0.5) is 0 Å². The fourth-order valence-electron chi connectivity index (χ4n) is 3.59. The molecule has 5 rings (SSSR count). The Morgan fingerprint density at radius 1 is 0.962 bits per heavy atom. The van der Waals surface area contributed by atoms with Crippen molar-refractivity contribution in [1.29, 1.82) is 0 Å². The topological polar surface area (TPSA) is 31.0 Å². The summed E-state index contributed by atoms with van der Waals surface area (Å²) in [6, 6.07) is 20.8. The molecule has 2 aromatic heterocycles. The highest BCUT2D eigenvalue weighted by molar-refractivity contribution is 9.10. The van der Waals surface area contributed by atoms with Gasteiger partial charge in [-0.1, -0.05) is 38.1 Å². The van der Waals surface area contributed by atoms with Gasteiger partial charge >= 0.3 is 0 Å². The molecule has 0 aliphatic carbocycles. The van der Waals surface area contributed by atoms with E-state index in [2.05, 4.69) is 76.8 Å². The van der Waals surface area contributed by atoms with Gasteiger partial charge in [0, 0.05) is 22.4 Å². The maximum atomic E-state index is 6.05. The van der Waals surface area contributed by atoms with Gasteiger partial charge in [-0.25, -0.2) is 4.98 Å². The van der Waals surface area contributed by atoms with E-state index in [9.17, 15) is 0 Å². The van der Waals surface area contributed by atoms with Gasteiger partial charge in [0.2, 0.25) is 0 Å². The van der Waals surface area contributed by atoms with Crippen LogP contribution in [-0.2, 0) is 0 Å². The van der Waals surface area contributed by atoms with Crippen LogP contribution in [0.15, 0.2) is 69.6 Å². The Bertz CT molecular complexity index is 1280. The van der Waals surface area contributed by atoms with E-state index in [-0.39, 0.29) is 0 Å². The molecule has 0 bridgehead atoms. The molecule has 3 nitrogen and oxygen atoms in total. The van der Waals surface area contributed by atoms with Gasteiger partial charge in [0.1, 0.15) is 17.0 Å². The van der Waals surface area contributed by atoms with Gasteiger partial charge in [-0.15, -0.1) is 0 Å². The first-order valence-corrected chi connectivity index (χ1v) is 9.51. The highest BCUT2D eigenvalue weighted by atomic mass is 79.9. The summed E-state index contributed by atoms with van der Waals surface area (Å²) >= 11 is 3.59. The van der Waals surface area contributed by atoms with E-state index in [4.69, 9.17) is 9.40 Å². The number of para-hydroxylation sites is 3. The second-order valence-corrected chi connectivity index (χ2v) is 7.70. The monoisotopic (exact) mass is 404 g/mol. The molecule has 0 spiro atoms. The maximum Gasteiger partial charge on any atom is 0.149 e. The normalized spacial score (nSPS) is 12.0. The number of benzene rings is 3. The van der Waals surface area contributed by atoms with Crippen LogP contribution >= 0.6 is 15.9 Å². The van der Waals surface area contributed by atoms with Crippen molar-refractivity contribution in [3.05, 3.63) is 71.0 Å². The number of hydrogen-bond donors (Lipinski definition) is 0. The molecule has 0 radical (unpaired) electrons. The summed E-state index contributed by atoms with van der Waals surface area (Å²) in [5, 5.41) is 2.23. The minimum Gasteiger partial charge on any atom is -0.455 e.